The number of halogens is 3. The van der Waals surface area contributed by atoms with Crippen molar-refractivity contribution in [2.24, 2.45) is 5.73 Å². The zero-order valence-corrected chi connectivity index (χ0v) is 22.8. The van der Waals surface area contributed by atoms with Crippen molar-refractivity contribution in [1.29, 1.82) is 0 Å². The summed E-state index contributed by atoms with van der Waals surface area (Å²) in [6.07, 6.45) is 4.58. The monoisotopic (exact) mass is 562 g/mol. The van der Waals surface area contributed by atoms with E-state index in [1.807, 2.05) is 31.2 Å². The van der Waals surface area contributed by atoms with Gasteiger partial charge in [-0.15, -0.1) is 0 Å². The molecule has 0 fully saturated rings. The largest absolute Gasteiger partial charge is 0.508 e. The molecule has 5 N–H and O–H groups in total. The molecule has 0 unspecified atom stereocenters. The van der Waals surface area contributed by atoms with Gasteiger partial charge in [0.15, 0.2) is 5.15 Å². The average molecular weight is 564 g/mol. The first kappa shape index (κ1) is 30.1. The third-order valence-corrected chi connectivity index (χ3v) is 6.19. The highest BCUT2D eigenvalue weighted by molar-refractivity contribution is 6.41. The highest BCUT2D eigenvalue weighted by Crippen LogP contribution is 2.21. The van der Waals surface area contributed by atoms with Crippen molar-refractivity contribution in [3.8, 4) is 11.5 Å². The highest BCUT2D eigenvalue weighted by Gasteiger charge is 2.04. The lowest BCUT2D eigenvalue weighted by Crippen LogP contribution is -2.07. The number of anilines is 1. The third kappa shape index (κ3) is 10.8. The first-order chi connectivity index (χ1) is 17.7. The van der Waals surface area contributed by atoms with Gasteiger partial charge < -0.3 is 21.3 Å². The van der Waals surface area contributed by atoms with Gasteiger partial charge in [0, 0.05) is 6.54 Å². The number of phenolic OH excluding ortho intramolecular Hbond substituents is 2. The van der Waals surface area contributed by atoms with Crippen LogP contribution >= 0.6 is 34.8 Å². The van der Waals surface area contributed by atoms with Crippen LogP contribution in [0, 0.1) is 13.8 Å². The summed E-state index contributed by atoms with van der Waals surface area (Å²) in [5.41, 5.74) is 9.11. The number of nitrogens with one attached hydrogen (secondary N) is 1. The summed E-state index contributed by atoms with van der Waals surface area (Å²) >= 11 is 17.2. The second-order valence-electron chi connectivity index (χ2n) is 7.73. The second kappa shape index (κ2) is 15.8. The molecule has 0 bridgehead atoms. The molecule has 0 aliphatic rings. The van der Waals surface area contributed by atoms with Gasteiger partial charge >= 0.3 is 0 Å². The quantitative estimate of drug-likeness (QED) is 0.217. The van der Waals surface area contributed by atoms with E-state index < -0.39 is 0 Å². The number of aromatic hydroxyl groups is 2. The van der Waals surface area contributed by atoms with Crippen molar-refractivity contribution in [2.75, 3.05) is 18.4 Å². The molecule has 0 spiro atoms. The van der Waals surface area contributed by atoms with Gasteiger partial charge in [0.2, 0.25) is 0 Å². The smallest absolute Gasteiger partial charge is 0.151 e. The Labute approximate surface area is 231 Å². The Kier molecular flexibility index (Phi) is 12.9. The van der Waals surface area contributed by atoms with Crippen molar-refractivity contribution in [3.05, 3.63) is 98.9 Å². The lowest BCUT2D eigenvalue weighted by atomic mass is 10.1. The number of nitrogens with zero attached hydrogens (tertiary/aromatic N) is 4. The standard InChI is InChI=1S/C13H14ClN3O.C8H11NO.C5H4Cl2N2/c1-9-12(14)13(17-8-16-9)15-7-6-10-2-4-11(18)5-3-10;9-6-5-7-1-3-8(10)4-2-7;1-3-4(6)5(7)9-2-8-3/h2-5,8,18H,6-7H2,1H3,(H,15,16,17);1-4,10H,5-6,9H2;2H,1H3. The molecule has 4 aromatic rings. The van der Waals surface area contributed by atoms with Gasteiger partial charge in [0.1, 0.15) is 35.0 Å². The van der Waals surface area contributed by atoms with Crippen LogP contribution in [0.25, 0.3) is 0 Å². The van der Waals surface area contributed by atoms with Crippen LogP contribution in [0.1, 0.15) is 22.5 Å². The van der Waals surface area contributed by atoms with Crippen LogP contribution < -0.4 is 11.1 Å². The van der Waals surface area contributed by atoms with Crippen LogP contribution in [0.2, 0.25) is 15.2 Å². The molecule has 0 aliphatic carbocycles. The molecule has 0 saturated carbocycles. The van der Waals surface area contributed by atoms with Crippen LogP contribution in [-0.2, 0) is 12.8 Å². The number of aromatic nitrogens is 4. The molecule has 196 valence electrons. The predicted molar refractivity (Wildman–Crippen MR) is 150 cm³/mol. The first-order valence-electron chi connectivity index (χ1n) is 11.3. The van der Waals surface area contributed by atoms with E-state index in [2.05, 4.69) is 25.3 Å². The van der Waals surface area contributed by atoms with Gasteiger partial charge in [0.25, 0.3) is 0 Å². The zero-order valence-electron chi connectivity index (χ0n) is 20.5. The average Bonchev–Trinajstić information content (AvgIpc) is 2.89. The maximum absolute atomic E-state index is 9.18. The Balaban J connectivity index is 0.000000214. The molecule has 2 heterocycles. The fourth-order valence-corrected chi connectivity index (χ4v) is 3.27. The van der Waals surface area contributed by atoms with E-state index >= 15 is 0 Å². The minimum atomic E-state index is 0.279. The van der Waals surface area contributed by atoms with Gasteiger partial charge in [-0.1, -0.05) is 59.1 Å². The highest BCUT2D eigenvalue weighted by atomic mass is 35.5. The van der Waals surface area contributed by atoms with Gasteiger partial charge in [0.05, 0.1) is 16.4 Å². The lowest BCUT2D eigenvalue weighted by molar-refractivity contribution is 0.474. The molecule has 37 heavy (non-hydrogen) atoms. The molecule has 8 nitrogen and oxygen atoms in total. The summed E-state index contributed by atoms with van der Waals surface area (Å²) in [7, 11) is 0. The van der Waals surface area contributed by atoms with Gasteiger partial charge in [-0.05, 0) is 68.6 Å². The summed E-state index contributed by atoms with van der Waals surface area (Å²) < 4.78 is 0. The molecular weight excluding hydrogens is 535 g/mol. The third-order valence-electron chi connectivity index (χ3n) is 4.90. The Morgan fingerprint density at radius 2 is 1.19 bits per heavy atom. The number of hydrogen-bond acceptors (Lipinski definition) is 8. The molecule has 0 atom stereocenters. The molecule has 2 aromatic carbocycles. The maximum Gasteiger partial charge on any atom is 0.151 e. The van der Waals surface area contributed by atoms with E-state index in [0.717, 1.165) is 30.6 Å². The summed E-state index contributed by atoms with van der Waals surface area (Å²) in [6.45, 7) is 5.00. The number of phenols is 2. The Bertz CT molecular complexity index is 1220. The Morgan fingerprint density at radius 3 is 1.68 bits per heavy atom. The Morgan fingerprint density at radius 1 is 0.703 bits per heavy atom. The predicted octanol–water partition coefficient (Wildman–Crippen LogP) is 5.78. The van der Waals surface area contributed by atoms with Crippen LogP contribution in [0.3, 0.4) is 0 Å². The lowest BCUT2D eigenvalue weighted by Gasteiger charge is -2.08. The molecule has 11 heteroatoms. The number of nitrogens with two attached hydrogens (primary N) is 1. The molecule has 0 radical (unpaired) electrons. The number of hydrogen-bond donors (Lipinski definition) is 4. The van der Waals surface area contributed by atoms with Crippen LogP contribution in [0.4, 0.5) is 5.82 Å². The van der Waals surface area contributed by atoms with E-state index in [1.165, 1.54) is 18.2 Å². The van der Waals surface area contributed by atoms with Crippen molar-refractivity contribution < 1.29 is 10.2 Å². The van der Waals surface area contributed by atoms with Gasteiger partial charge in [-0.25, -0.2) is 19.9 Å². The topological polar surface area (TPSA) is 130 Å². The van der Waals surface area contributed by atoms with Crippen molar-refractivity contribution in [2.45, 2.75) is 26.7 Å². The van der Waals surface area contributed by atoms with E-state index in [0.29, 0.717) is 39.0 Å². The summed E-state index contributed by atoms with van der Waals surface area (Å²) in [5.74, 6) is 1.24. The van der Waals surface area contributed by atoms with Gasteiger partial charge in [-0.2, -0.15) is 0 Å². The van der Waals surface area contributed by atoms with Crippen LogP contribution in [0.5, 0.6) is 11.5 Å². The molecule has 0 amide bonds. The van der Waals surface area contributed by atoms with Crippen LogP contribution in [0.15, 0.2) is 61.2 Å². The number of benzene rings is 2. The minimum Gasteiger partial charge on any atom is -0.508 e. The molecule has 2 aromatic heterocycles. The molecule has 4 rings (SSSR count). The molecule has 0 aliphatic heterocycles. The Hall–Kier alpha value is -3.17. The SMILES string of the molecule is Cc1ncnc(Cl)c1Cl.Cc1ncnc(NCCc2ccc(O)cc2)c1Cl.NCCc1ccc(O)cc1. The van der Waals surface area contributed by atoms with Crippen molar-refractivity contribution >= 4 is 40.6 Å². The fourth-order valence-electron chi connectivity index (χ4n) is 2.83. The minimum absolute atomic E-state index is 0.279. The summed E-state index contributed by atoms with van der Waals surface area (Å²) in [6, 6.07) is 14.2. The van der Waals surface area contributed by atoms with E-state index in [1.54, 1.807) is 31.2 Å². The number of aryl methyl sites for hydroxylation is 2. The second-order valence-corrected chi connectivity index (χ2v) is 8.85. The first-order valence-corrected chi connectivity index (χ1v) is 12.4. The normalized spacial score (nSPS) is 10.0. The maximum atomic E-state index is 9.18. The van der Waals surface area contributed by atoms with E-state index in [-0.39, 0.29) is 5.75 Å². The van der Waals surface area contributed by atoms with Crippen molar-refractivity contribution in [1.82, 2.24) is 19.9 Å². The number of rotatable bonds is 6. The summed E-state index contributed by atoms with van der Waals surface area (Å²) in [5, 5.41) is 22.5. The van der Waals surface area contributed by atoms with Crippen molar-refractivity contribution in [3.63, 3.8) is 0 Å². The van der Waals surface area contributed by atoms with Gasteiger partial charge in [-0.3, -0.25) is 0 Å². The summed E-state index contributed by atoms with van der Waals surface area (Å²) in [4.78, 5) is 15.6. The van der Waals surface area contributed by atoms with E-state index in [9.17, 15) is 5.11 Å². The van der Waals surface area contributed by atoms with E-state index in [4.69, 9.17) is 45.6 Å². The molecular formula is C26H29Cl3N6O2. The van der Waals surface area contributed by atoms with Crippen LogP contribution in [-0.4, -0.2) is 43.2 Å². The fraction of sp³-hybridized carbons (Fsp3) is 0.231. The molecule has 0 saturated heterocycles. The zero-order chi connectivity index (χ0) is 27.2.